The summed E-state index contributed by atoms with van der Waals surface area (Å²) >= 11 is 1.38. The van der Waals surface area contributed by atoms with Crippen LogP contribution in [-0.4, -0.2) is 44.0 Å². The van der Waals surface area contributed by atoms with E-state index in [-0.39, 0.29) is 10.9 Å². The molecule has 1 aliphatic heterocycles. The van der Waals surface area contributed by atoms with Gasteiger partial charge in [-0.15, -0.1) is 11.8 Å². The normalized spacial score (nSPS) is 23.1. The molecule has 1 aliphatic rings. The predicted octanol–water partition coefficient (Wildman–Crippen LogP) is 0.363. The number of aromatic nitrogens is 1. The number of hydrogen-bond donors (Lipinski definition) is 2. The number of aliphatic carboxylic acids is 1. The number of H-pyrrole nitrogens is 1. The van der Waals surface area contributed by atoms with Crippen molar-refractivity contribution in [3.8, 4) is 0 Å². The summed E-state index contributed by atoms with van der Waals surface area (Å²) in [7, 11) is 0. The van der Waals surface area contributed by atoms with Gasteiger partial charge in [0.1, 0.15) is 11.6 Å². The number of aromatic amines is 1. The second kappa shape index (κ2) is 4.85. The van der Waals surface area contributed by atoms with E-state index in [0.29, 0.717) is 5.75 Å². The fourth-order valence-corrected chi connectivity index (χ4v) is 3.03. The molecule has 2 N–H and O–H groups in total. The van der Waals surface area contributed by atoms with Crippen molar-refractivity contribution in [2.24, 2.45) is 0 Å². The monoisotopic (exact) mass is 268 g/mol. The van der Waals surface area contributed by atoms with Crippen LogP contribution in [0.15, 0.2) is 23.3 Å². The minimum Gasteiger partial charge on any atom is -0.480 e. The number of thioether (sulfide) groups is 1. The molecule has 2 unspecified atom stereocenters. The maximum Gasteiger partial charge on any atom is 0.327 e. The molecule has 0 aromatic carbocycles. The highest BCUT2D eigenvalue weighted by atomic mass is 32.2. The lowest BCUT2D eigenvalue weighted by atomic mass is 10.2. The van der Waals surface area contributed by atoms with Gasteiger partial charge in [0, 0.05) is 24.2 Å². The van der Waals surface area contributed by atoms with Crippen molar-refractivity contribution >= 4 is 23.6 Å². The summed E-state index contributed by atoms with van der Waals surface area (Å²) < 4.78 is 0. The van der Waals surface area contributed by atoms with Gasteiger partial charge in [0.05, 0.1) is 5.37 Å². The third-order valence-corrected chi connectivity index (χ3v) is 4.01. The number of hydrogen-bond acceptors (Lipinski definition) is 4. The standard InChI is InChI=1S/C11H12N2O4S/c1-6-13(8(5-18-6)11(16)17)10(15)7-4-12-3-2-9(7)14/h2-4,6,8H,5H2,1H3,(H,12,14)(H,16,17). The zero-order valence-electron chi connectivity index (χ0n) is 9.62. The number of nitrogens with zero attached hydrogens (tertiary/aromatic N) is 1. The lowest BCUT2D eigenvalue weighted by Gasteiger charge is -2.24. The van der Waals surface area contributed by atoms with E-state index < -0.39 is 23.3 Å². The van der Waals surface area contributed by atoms with Gasteiger partial charge in [-0.2, -0.15) is 0 Å². The Labute approximate surface area is 107 Å². The van der Waals surface area contributed by atoms with E-state index in [1.807, 2.05) is 0 Å². The second-order valence-electron chi connectivity index (χ2n) is 3.92. The third-order valence-electron chi connectivity index (χ3n) is 2.80. The van der Waals surface area contributed by atoms with Crippen LogP contribution in [0.1, 0.15) is 17.3 Å². The molecule has 0 radical (unpaired) electrons. The number of carboxylic acid groups (broad SMARTS) is 1. The Balaban J connectivity index is 2.36. The highest BCUT2D eigenvalue weighted by Gasteiger charge is 2.40. The van der Waals surface area contributed by atoms with Crippen LogP contribution in [0, 0.1) is 0 Å². The minimum absolute atomic E-state index is 0.0295. The van der Waals surface area contributed by atoms with Crippen LogP contribution in [0.3, 0.4) is 0 Å². The fraction of sp³-hybridized carbons (Fsp3) is 0.364. The lowest BCUT2D eigenvalue weighted by molar-refractivity contribution is -0.141. The molecule has 1 aromatic rings. The Hall–Kier alpha value is -1.76. The SMILES string of the molecule is CC1SCC(C(=O)O)N1C(=O)c1c[nH]ccc1=O. The third kappa shape index (κ3) is 2.13. The quantitative estimate of drug-likeness (QED) is 0.808. The van der Waals surface area contributed by atoms with Gasteiger partial charge in [0.15, 0.2) is 5.43 Å². The maximum atomic E-state index is 12.2. The van der Waals surface area contributed by atoms with Crippen LogP contribution < -0.4 is 5.43 Å². The lowest BCUT2D eigenvalue weighted by Crippen LogP contribution is -2.46. The molecule has 6 nitrogen and oxygen atoms in total. The number of pyridine rings is 1. The Bertz CT molecular complexity index is 542. The summed E-state index contributed by atoms with van der Waals surface area (Å²) in [4.78, 5) is 38.8. The van der Waals surface area contributed by atoms with Crippen LogP contribution >= 0.6 is 11.8 Å². The Morgan fingerprint density at radius 3 is 2.89 bits per heavy atom. The van der Waals surface area contributed by atoms with Gasteiger partial charge in [0.25, 0.3) is 5.91 Å². The average molecular weight is 268 g/mol. The maximum absolute atomic E-state index is 12.2. The van der Waals surface area contributed by atoms with Crippen molar-refractivity contribution in [3.63, 3.8) is 0 Å². The van der Waals surface area contributed by atoms with Gasteiger partial charge >= 0.3 is 5.97 Å². The fourth-order valence-electron chi connectivity index (χ4n) is 1.86. The molecule has 1 amide bonds. The molecule has 2 rings (SSSR count). The Morgan fingerprint density at radius 1 is 1.56 bits per heavy atom. The molecule has 1 aromatic heterocycles. The molecular weight excluding hydrogens is 256 g/mol. The van der Waals surface area contributed by atoms with Gasteiger partial charge in [-0.1, -0.05) is 0 Å². The molecule has 1 fully saturated rings. The first-order valence-electron chi connectivity index (χ1n) is 5.36. The van der Waals surface area contributed by atoms with Crippen molar-refractivity contribution in [2.75, 3.05) is 5.75 Å². The van der Waals surface area contributed by atoms with Crippen LogP contribution in [0.4, 0.5) is 0 Å². The average Bonchev–Trinajstić information content (AvgIpc) is 2.71. The zero-order chi connectivity index (χ0) is 13.3. The van der Waals surface area contributed by atoms with Crippen LogP contribution in [-0.2, 0) is 4.79 Å². The smallest absolute Gasteiger partial charge is 0.327 e. The molecule has 0 bridgehead atoms. The van der Waals surface area contributed by atoms with Gasteiger partial charge in [0.2, 0.25) is 0 Å². The predicted molar refractivity (Wildman–Crippen MR) is 66.6 cm³/mol. The molecule has 0 aliphatic carbocycles. The van der Waals surface area contributed by atoms with Gasteiger partial charge in [-0.05, 0) is 6.92 Å². The molecule has 2 atom stereocenters. The van der Waals surface area contributed by atoms with E-state index in [0.717, 1.165) is 0 Å². The first kappa shape index (κ1) is 12.7. The van der Waals surface area contributed by atoms with Crippen molar-refractivity contribution in [1.29, 1.82) is 0 Å². The van der Waals surface area contributed by atoms with Crippen LogP contribution in [0.2, 0.25) is 0 Å². The molecule has 2 heterocycles. The minimum atomic E-state index is -1.05. The van der Waals surface area contributed by atoms with E-state index >= 15 is 0 Å². The van der Waals surface area contributed by atoms with E-state index in [9.17, 15) is 14.4 Å². The molecule has 0 spiro atoms. The van der Waals surface area contributed by atoms with E-state index in [4.69, 9.17) is 5.11 Å². The highest BCUT2D eigenvalue weighted by Crippen LogP contribution is 2.29. The van der Waals surface area contributed by atoms with Gasteiger partial charge < -0.3 is 15.0 Å². The van der Waals surface area contributed by atoms with Crippen LogP contribution in [0.25, 0.3) is 0 Å². The van der Waals surface area contributed by atoms with Crippen molar-refractivity contribution in [3.05, 3.63) is 34.2 Å². The molecule has 18 heavy (non-hydrogen) atoms. The van der Waals surface area contributed by atoms with Gasteiger partial charge in [-0.25, -0.2) is 4.79 Å². The van der Waals surface area contributed by atoms with E-state index in [1.54, 1.807) is 6.92 Å². The molecule has 1 saturated heterocycles. The Morgan fingerprint density at radius 2 is 2.28 bits per heavy atom. The van der Waals surface area contributed by atoms with Crippen molar-refractivity contribution < 1.29 is 14.7 Å². The summed E-state index contributed by atoms with van der Waals surface area (Å²) in [6.07, 6.45) is 2.73. The number of carbonyl (C=O) groups is 2. The molecular formula is C11H12N2O4S. The van der Waals surface area contributed by atoms with Gasteiger partial charge in [-0.3, -0.25) is 9.59 Å². The summed E-state index contributed by atoms with van der Waals surface area (Å²) in [5, 5.41) is 8.82. The topological polar surface area (TPSA) is 90.5 Å². The second-order valence-corrected chi connectivity index (χ2v) is 5.27. The first-order valence-corrected chi connectivity index (χ1v) is 6.41. The first-order chi connectivity index (χ1) is 8.52. The summed E-state index contributed by atoms with van der Waals surface area (Å²) in [5.41, 5.74) is -0.440. The number of carbonyl (C=O) groups excluding carboxylic acids is 1. The summed E-state index contributed by atoms with van der Waals surface area (Å²) in [6, 6.07) is 0.369. The van der Waals surface area contributed by atoms with Crippen molar-refractivity contribution in [1.82, 2.24) is 9.88 Å². The highest BCUT2D eigenvalue weighted by molar-refractivity contribution is 8.00. The molecule has 96 valence electrons. The summed E-state index contributed by atoms with van der Waals surface area (Å²) in [5.74, 6) is -1.25. The largest absolute Gasteiger partial charge is 0.480 e. The number of amides is 1. The van der Waals surface area contributed by atoms with Crippen molar-refractivity contribution in [2.45, 2.75) is 18.3 Å². The summed E-state index contributed by atoms with van der Waals surface area (Å²) in [6.45, 7) is 1.75. The number of nitrogens with one attached hydrogen (secondary N) is 1. The molecule has 0 saturated carbocycles. The zero-order valence-corrected chi connectivity index (χ0v) is 10.4. The Kier molecular flexibility index (Phi) is 3.42. The van der Waals surface area contributed by atoms with Crippen LogP contribution in [0.5, 0.6) is 0 Å². The number of rotatable bonds is 2. The number of carboxylic acids is 1. The van der Waals surface area contributed by atoms with E-state index in [1.165, 1.54) is 35.1 Å². The van der Waals surface area contributed by atoms with E-state index in [2.05, 4.69) is 4.98 Å². The molecule has 7 heteroatoms.